The first-order valence-corrected chi connectivity index (χ1v) is 4.96. The molecule has 2 N–H and O–H groups in total. The fourth-order valence-electron chi connectivity index (χ4n) is 1.80. The van der Waals surface area contributed by atoms with Gasteiger partial charge in [-0.2, -0.15) is 0 Å². The second kappa shape index (κ2) is 3.84. The molecule has 0 radical (unpaired) electrons. The molecule has 0 bridgehead atoms. The van der Waals surface area contributed by atoms with Crippen molar-refractivity contribution in [1.82, 2.24) is 9.97 Å². The van der Waals surface area contributed by atoms with E-state index in [1.807, 2.05) is 0 Å². The molecule has 0 saturated heterocycles. The molecule has 1 aliphatic carbocycles. The van der Waals surface area contributed by atoms with Crippen LogP contribution < -0.4 is 5.69 Å². The van der Waals surface area contributed by atoms with Gasteiger partial charge in [0.25, 0.3) is 0 Å². The highest BCUT2D eigenvalue weighted by Gasteiger charge is 2.23. The molecule has 0 atom stereocenters. The molecule has 15 heavy (non-hydrogen) atoms. The van der Waals surface area contributed by atoms with Crippen LogP contribution in [0.3, 0.4) is 0 Å². The summed E-state index contributed by atoms with van der Waals surface area (Å²) in [5, 5.41) is 8.71. The van der Waals surface area contributed by atoms with E-state index in [9.17, 15) is 9.59 Å². The lowest BCUT2D eigenvalue weighted by molar-refractivity contribution is -0.136. The molecule has 5 nitrogen and oxygen atoms in total. The van der Waals surface area contributed by atoms with Crippen molar-refractivity contribution in [3.63, 3.8) is 0 Å². The monoisotopic (exact) mass is 208 g/mol. The predicted molar refractivity (Wildman–Crippen MR) is 52.8 cm³/mol. The number of aromatic nitrogens is 2. The van der Waals surface area contributed by atoms with E-state index in [1.165, 1.54) is 6.20 Å². The number of hydrogen-bond donors (Lipinski definition) is 2. The molecule has 1 aromatic rings. The molecule has 0 spiro atoms. The van der Waals surface area contributed by atoms with Crippen LogP contribution >= 0.6 is 0 Å². The van der Waals surface area contributed by atoms with Crippen molar-refractivity contribution < 1.29 is 9.90 Å². The first-order valence-electron chi connectivity index (χ1n) is 4.96. The Labute approximate surface area is 86.2 Å². The Morgan fingerprint density at radius 1 is 1.60 bits per heavy atom. The molecule has 1 aliphatic rings. The molecule has 1 heterocycles. The summed E-state index contributed by atoms with van der Waals surface area (Å²) < 4.78 is 0. The number of hydrogen-bond acceptors (Lipinski definition) is 3. The number of carbonyl (C=O) groups is 1. The number of carboxylic acids is 1. The summed E-state index contributed by atoms with van der Waals surface area (Å²) in [6.45, 7) is 0. The third kappa shape index (κ3) is 2.06. The average Bonchev–Trinajstić information content (AvgIpc) is 2.06. The minimum atomic E-state index is -0.899. The Kier molecular flexibility index (Phi) is 2.53. The summed E-state index contributed by atoms with van der Waals surface area (Å²) in [4.78, 5) is 27.9. The number of carboxylic acid groups (broad SMARTS) is 1. The second-order valence-electron chi connectivity index (χ2n) is 3.83. The average molecular weight is 208 g/mol. The minimum Gasteiger partial charge on any atom is -0.481 e. The van der Waals surface area contributed by atoms with Gasteiger partial charge in [0.05, 0.1) is 6.42 Å². The van der Waals surface area contributed by atoms with Gasteiger partial charge in [0, 0.05) is 17.5 Å². The molecule has 2 rings (SSSR count). The van der Waals surface area contributed by atoms with Crippen LogP contribution in [0.4, 0.5) is 0 Å². The maximum atomic E-state index is 11.1. The van der Waals surface area contributed by atoms with Crippen molar-refractivity contribution >= 4 is 5.97 Å². The van der Waals surface area contributed by atoms with Gasteiger partial charge in [0.15, 0.2) is 0 Å². The van der Waals surface area contributed by atoms with E-state index >= 15 is 0 Å². The zero-order chi connectivity index (χ0) is 10.8. The summed E-state index contributed by atoms with van der Waals surface area (Å²) >= 11 is 0. The van der Waals surface area contributed by atoms with E-state index in [2.05, 4.69) is 9.97 Å². The van der Waals surface area contributed by atoms with Crippen molar-refractivity contribution in [1.29, 1.82) is 0 Å². The molecule has 80 valence electrons. The molecule has 0 unspecified atom stereocenters. The predicted octanol–water partition coefficient (Wildman–Crippen LogP) is 0.664. The third-order valence-electron chi connectivity index (χ3n) is 2.78. The number of H-pyrrole nitrogens is 1. The van der Waals surface area contributed by atoms with Gasteiger partial charge in [0.1, 0.15) is 0 Å². The van der Waals surface area contributed by atoms with Gasteiger partial charge >= 0.3 is 11.7 Å². The highest BCUT2D eigenvalue weighted by atomic mass is 16.4. The highest BCUT2D eigenvalue weighted by Crippen LogP contribution is 2.36. The summed E-state index contributed by atoms with van der Waals surface area (Å²) in [5.74, 6) is -0.584. The topological polar surface area (TPSA) is 83.0 Å². The molecule has 1 fully saturated rings. The van der Waals surface area contributed by atoms with Crippen molar-refractivity contribution in [3.8, 4) is 0 Å². The quantitative estimate of drug-likeness (QED) is 0.764. The fourth-order valence-corrected chi connectivity index (χ4v) is 1.80. The zero-order valence-corrected chi connectivity index (χ0v) is 8.19. The second-order valence-corrected chi connectivity index (χ2v) is 3.83. The van der Waals surface area contributed by atoms with E-state index in [0.717, 1.165) is 25.0 Å². The van der Waals surface area contributed by atoms with E-state index in [1.54, 1.807) is 0 Å². The van der Waals surface area contributed by atoms with Gasteiger partial charge in [-0.15, -0.1) is 0 Å². The van der Waals surface area contributed by atoms with Crippen LogP contribution in [0.5, 0.6) is 0 Å². The van der Waals surface area contributed by atoms with Gasteiger partial charge in [-0.25, -0.2) is 9.78 Å². The highest BCUT2D eigenvalue weighted by molar-refractivity contribution is 5.70. The minimum absolute atomic E-state index is 0.0738. The van der Waals surface area contributed by atoms with Crippen molar-refractivity contribution in [2.24, 2.45) is 0 Å². The van der Waals surface area contributed by atoms with Crippen molar-refractivity contribution in [3.05, 3.63) is 27.9 Å². The van der Waals surface area contributed by atoms with Crippen LogP contribution in [0.2, 0.25) is 0 Å². The molecular formula is C10H12N2O3. The van der Waals surface area contributed by atoms with Gasteiger partial charge in [-0.3, -0.25) is 4.79 Å². The molecule has 0 aliphatic heterocycles. The standard InChI is InChI=1S/C10H12N2O3/c13-8(14)4-7-5-11-10(15)12-9(7)6-2-1-3-6/h5-6H,1-4H2,(H,13,14)(H,11,12,15). The third-order valence-corrected chi connectivity index (χ3v) is 2.78. The number of rotatable bonds is 3. The lowest BCUT2D eigenvalue weighted by Gasteiger charge is -2.26. The molecule has 0 aromatic carbocycles. The summed E-state index contributed by atoms with van der Waals surface area (Å²) in [5.41, 5.74) is 1.00. The van der Waals surface area contributed by atoms with E-state index in [4.69, 9.17) is 5.11 Å². The summed E-state index contributed by atoms with van der Waals surface area (Å²) in [6, 6.07) is 0. The SMILES string of the molecule is O=C(O)Cc1cnc(=O)[nH]c1C1CCC1. The van der Waals surface area contributed by atoms with Crippen LogP contribution in [-0.2, 0) is 11.2 Å². The van der Waals surface area contributed by atoms with Crippen LogP contribution in [0.15, 0.2) is 11.0 Å². The first kappa shape index (κ1) is 9.89. The number of aromatic amines is 1. The van der Waals surface area contributed by atoms with Crippen LogP contribution in [0.25, 0.3) is 0 Å². The number of aliphatic carboxylic acids is 1. The Morgan fingerprint density at radius 2 is 2.33 bits per heavy atom. The molecule has 1 saturated carbocycles. The Morgan fingerprint density at radius 3 is 2.87 bits per heavy atom. The van der Waals surface area contributed by atoms with Crippen LogP contribution in [-0.4, -0.2) is 21.0 Å². The van der Waals surface area contributed by atoms with E-state index in [-0.39, 0.29) is 6.42 Å². The lowest BCUT2D eigenvalue weighted by atomic mass is 9.81. The van der Waals surface area contributed by atoms with E-state index < -0.39 is 11.7 Å². The first-order chi connectivity index (χ1) is 7.16. The largest absolute Gasteiger partial charge is 0.481 e. The lowest BCUT2D eigenvalue weighted by Crippen LogP contribution is -2.21. The van der Waals surface area contributed by atoms with E-state index in [0.29, 0.717) is 11.5 Å². The van der Waals surface area contributed by atoms with Gasteiger partial charge in [-0.05, 0) is 18.8 Å². The van der Waals surface area contributed by atoms with Crippen molar-refractivity contribution in [2.75, 3.05) is 0 Å². The zero-order valence-electron chi connectivity index (χ0n) is 8.19. The van der Waals surface area contributed by atoms with Gasteiger partial charge < -0.3 is 10.1 Å². The Balaban J connectivity index is 2.34. The molecule has 1 aromatic heterocycles. The normalized spacial score (nSPS) is 16.0. The maximum Gasteiger partial charge on any atom is 0.345 e. The smallest absolute Gasteiger partial charge is 0.345 e. The molecule has 5 heteroatoms. The van der Waals surface area contributed by atoms with Crippen LogP contribution in [0, 0.1) is 0 Å². The number of nitrogens with zero attached hydrogens (tertiary/aromatic N) is 1. The molecular weight excluding hydrogens is 196 g/mol. The van der Waals surface area contributed by atoms with Gasteiger partial charge in [-0.1, -0.05) is 6.42 Å². The van der Waals surface area contributed by atoms with Crippen molar-refractivity contribution in [2.45, 2.75) is 31.6 Å². The Hall–Kier alpha value is -1.65. The number of nitrogens with one attached hydrogen (secondary N) is 1. The summed E-state index contributed by atoms with van der Waals surface area (Å²) in [6.07, 6.45) is 4.48. The van der Waals surface area contributed by atoms with Crippen LogP contribution in [0.1, 0.15) is 36.4 Å². The van der Waals surface area contributed by atoms with Gasteiger partial charge in [0.2, 0.25) is 0 Å². The Bertz CT molecular complexity index is 435. The summed E-state index contributed by atoms with van der Waals surface area (Å²) in [7, 11) is 0. The maximum absolute atomic E-state index is 11.1. The molecule has 0 amide bonds. The fraction of sp³-hybridized carbons (Fsp3) is 0.500.